The maximum Gasteiger partial charge on any atom is 0.310 e. The van der Waals surface area contributed by atoms with Crippen molar-refractivity contribution in [3.63, 3.8) is 0 Å². The van der Waals surface area contributed by atoms with Gasteiger partial charge in [0, 0.05) is 12.6 Å². The molecule has 1 saturated carbocycles. The Balaban J connectivity index is 1.88. The standard InChI is InChI=1S/C12H17N3O3/c16-10(13-8-9-3-6-14-15-9)7-12(11(17)18)4-1-2-5-12/h3,6H,1-2,4-5,7-8H2,(H,13,16)(H,14,15)(H,17,18). The molecule has 1 aromatic heterocycles. The second-order valence-corrected chi connectivity index (χ2v) is 4.83. The zero-order valence-electron chi connectivity index (χ0n) is 10.1. The average molecular weight is 251 g/mol. The van der Waals surface area contributed by atoms with Crippen molar-refractivity contribution in [3.8, 4) is 0 Å². The van der Waals surface area contributed by atoms with Crippen molar-refractivity contribution in [3.05, 3.63) is 18.0 Å². The first kappa shape index (κ1) is 12.6. The molecule has 0 unspecified atom stereocenters. The van der Waals surface area contributed by atoms with Crippen LogP contribution in [0.2, 0.25) is 0 Å². The third-order valence-corrected chi connectivity index (χ3v) is 3.55. The third kappa shape index (κ3) is 2.69. The molecular weight excluding hydrogens is 234 g/mol. The molecule has 0 aliphatic heterocycles. The third-order valence-electron chi connectivity index (χ3n) is 3.55. The molecule has 0 spiro atoms. The Hall–Kier alpha value is -1.85. The van der Waals surface area contributed by atoms with Gasteiger partial charge in [-0.15, -0.1) is 0 Å². The fourth-order valence-electron chi connectivity index (χ4n) is 2.46. The quantitative estimate of drug-likeness (QED) is 0.729. The van der Waals surface area contributed by atoms with Crippen LogP contribution in [0.4, 0.5) is 0 Å². The molecule has 0 aromatic carbocycles. The second kappa shape index (κ2) is 5.20. The van der Waals surface area contributed by atoms with Crippen LogP contribution in [0.3, 0.4) is 0 Å². The first-order valence-corrected chi connectivity index (χ1v) is 6.11. The van der Waals surface area contributed by atoms with Crippen LogP contribution in [-0.2, 0) is 16.1 Å². The highest BCUT2D eigenvalue weighted by Gasteiger charge is 2.42. The van der Waals surface area contributed by atoms with Crippen LogP contribution in [0.5, 0.6) is 0 Å². The zero-order valence-corrected chi connectivity index (χ0v) is 10.1. The van der Waals surface area contributed by atoms with Crippen molar-refractivity contribution in [1.82, 2.24) is 15.5 Å². The lowest BCUT2D eigenvalue weighted by atomic mass is 9.82. The molecule has 0 radical (unpaired) electrons. The van der Waals surface area contributed by atoms with Crippen molar-refractivity contribution in [1.29, 1.82) is 0 Å². The number of hydrogen-bond donors (Lipinski definition) is 3. The molecule has 1 aliphatic carbocycles. The number of hydrogen-bond acceptors (Lipinski definition) is 3. The molecule has 1 aliphatic rings. The van der Waals surface area contributed by atoms with Crippen LogP contribution in [0.1, 0.15) is 37.8 Å². The minimum absolute atomic E-state index is 0.0659. The van der Waals surface area contributed by atoms with Gasteiger partial charge in [0.05, 0.1) is 17.7 Å². The van der Waals surface area contributed by atoms with Gasteiger partial charge in [0.1, 0.15) is 0 Å². The van der Waals surface area contributed by atoms with E-state index in [2.05, 4.69) is 15.5 Å². The van der Waals surface area contributed by atoms with Gasteiger partial charge in [-0.1, -0.05) is 12.8 Å². The van der Waals surface area contributed by atoms with Gasteiger partial charge in [-0.2, -0.15) is 5.10 Å². The van der Waals surface area contributed by atoms with Crippen LogP contribution >= 0.6 is 0 Å². The number of H-pyrrole nitrogens is 1. The van der Waals surface area contributed by atoms with Gasteiger partial charge in [0.2, 0.25) is 5.91 Å². The Morgan fingerprint density at radius 3 is 2.72 bits per heavy atom. The van der Waals surface area contributed by atoms with E-state index in [1.807, 2.05) is 0 Å². The van der Waals surface area contributed by atoms with E-state index < -0.39 is 11.4 Å². The van der Waals surface area contributed by atoms with Crippen LogP contribution in [0.25, 0.3) is 0 Å². The molecule has 1 fully saturated rings. The predicted molar refractivity (Wildman–Crippen MR) is 63.6 cm³/mol. The summed E-state index contributed by atoms with van der Waals surface area (Å²) in [5.74, 6) is -1.06. The maximum atomic E-state index is 11.8. The summed E-state index contributed by atoms with van der Waals surface area (Å²) >= 11 is 0. The summed E-state index contributed by atoms with van der Waals surface area (Å²) in [5.41, 5.74) is -0.0444. The van der Waals surface area contributed by atoms with Crippen molar-refractivity contribution in [2.75, 3.05) is 0 Å². The Kier molecular flexibility index (Phi) is 3.64. The number of nitrogens with one attached hydrogen (secondary N) is 2. The summed E-state index contributed by atoms with van der Waals surface area (Å²) in [4.78, 5) is 23.1. The van der Waals surface area contributed by atoms with Crippen LogP contribution in [-0.4, -0.2) is 27.2 Å². The Bertz CT molecular complexity index is 422. The van der Waals surface area contributed by atoms with E-state index >= 15 is 0 Å². The van der Waals surface area contributed by atoms with Gasteiger partial charge in [-0.25, -0.2) is 0 Å². The number of carbonyl (C=O) groups excluding carboxylic acids is 1. The Morgan fingerprint density at radius 1 is 1.44 bits per heavy atom. The van der Waals surface area contributed by atoms with Gasteiger partial charge >= 0.3 is 5.97 Å². The van der Waals surface area contributed by atoms with Gasteiger partial charge in [-0.3, -0.25) is 14.7 Å². The topological polar surface area (TPSA) is 95.1 Å². The van der Waals surface area contributed by atoms with Crippen molar-refractivity contribution < 1.29 is 14.7 Å². The first-order valence-electron chi connectivity index (χ1n) is 6.11. The van der Waals surface area contributed by atoms with Crippen molar-refractivity contribution in [2.24, 2.45) is 5.41 Å². The molecule has 6 nitrogen and oxygen atoms in total. The fourth-order valence-corrected chi connectivity index (χ4v) is 2.46. The monoisotopic (exact) mass is 251 g/mol. The Morgan fingerprint density at radius 2 is 2.17 bits per heavy atom. The van der Waals surface area contributed by atoms with Crippen LogP contribution in [0, 0.1) is 5.41 Å². The maximum absolute atomic E-state index is 11.8. The molecule has 0 atom stereocenters. The van der Waals surface area contributed by atoms with Crippen LogP contribution in [0.15, 0.2) is 12.3 Å². The van der Waals surface area contributed by atoms with Crippen molar-refractivity contribution >= 4 is 11.9 Å². The number of carbonyl (C=O) groups is 2. The summed E-state index contributed by atoms with van der Waals surface area (Å²) in [7, 11) is 0. The highest BCUT2D eigenvalue weighted by molar-refractivity contribution is 5.85. The van der Waals surface area contributed by atoms with Crippen LogP contribution < -0.4 is 5.32 Å². The smallest absolute Gasteiger partial charge is 0.310 e. The molecule has 98 valence electrons. The molecule has 1 aromatic rings. The number of carboxylic acid groups (broad SMARTS) is 1. The average Bonchev–Trinajstić information content (AvgIpc) is 2.97. The lowest BCUT2D eigenvalue weighted by Gasteiger charge is -2.22. The first-order chi connectivity index (χ1) is 8.62. The Labute approximate surface area is 105 Å². The number of rotatable bonds is 5. The summed E-state index contributed by atoms with van der Waals surface area (Å²) in [5, 5.41) is 18.5. The largest absolute Gasteiger partial charge is 0.481 e. The molecule has 2 rings (SSSR count). The van der Waals surface area contributed by atoms with E-state index in [9.17, 15) is 14.7 Å². The number of aromatic nitrogens is 2. The molecular formula is C12H17N3O3. The van der Waals surface area contributed by atoms with Gasteiger partial charge in [0.15, 0.2) is 0 Å². The molecule has 6 heteroatoms. The number of amides is 1. The van der Waals surface area contributed by atoms with E-state index in [0.29, 0.717) is 19.4 Å². The summed E-state index contributed by atoms with van der Waals surface area (Å²) in [6.45, 7) is 0.356. The van der Waals surface area contributed by atoms with E-state index in [1.165, 1.54) is 0 Å². The number of nitrogens with zero attached hydrogens (tertiary/aromatic N) is 1. The number of aliphatic carboxylic acids is 1. The molecule has 18 heavy (non-hydrogen) atoms. The van der Waals surface area contributed by atoms with Crippen molar-refractivity contribution in [2.45, 2.75) is 38.6 Å². The summed E-state index contributed by atoms with van der Waals surface area (Å²) in [6, 6.07) is 1.77. The molecule has 1 heterocycles. The molecule has 0 saturated heterocycles. The van der Waals surface area contributed by atoms with E-state index in [0.717, 1.165) is 18.5 Å². The lowest BCUT2D eigenvalue weighted by Crippen LogP contribution is -2.35. The highest BCUT2D eigenvalue weighted by atomic mass is 16.4. The number of carboxylic acids is 1. The highest BCUT2D eigenvalue weighted by Crippen LogP contribution is 2.41. The van der Waals surface area contributed by atoms with Gasteiger partial charge < -0.3 is 10.4 Å². The lowest BCUT2D eigenvalue weighted by molar-refractivity contribution is -0.151. The zero-order chi connectivity index (χ0) is 13.0. The normalized spacial score (nSPS) is 17.6. The minimum atomic E-state index is -0.850. The van der Waals surface area contributed by atoms with E-state index in [1.54, 1.807) is 12.3 Å². The van der Waals surface area contributed by atoms with E-state index in [-0.39, 0.29) is 12.3 Å². The SMILES string of the molecule is O=C(CC1(C(=O)O)CCCC1)NCc1ccn[nH]1. The van der Waals surface area contributed by atoms with Gasteiger partial charge in [0.25, 0.3) is 0 Å². The van der Waals surface area contributed by atoms with Gasteiger partial charge in [-0.05, 0) is 18.9 Å². The summed E-state index contributed by atoms with van der Waals surface area (Å²) in [6.07, 6.45) is 4.65. The second-order valence-electron chi connectivity index (χ2n) is 4.83. The minimum Gasteiger partial charge on any atom is -0.481 e. The fraction of sp³-hybridized carbons (Fsp3) is 0.583. The summed E-state index contributed by atoms with van der Waals surface area (Å²) < 4.78 is 0. The number of aromatic amines is 1. The molecule has 3 N–H and O–H groups in total. The predicted octanol–water partition coefficient (Wildman–Crippen LogP) is 1.06. The van der Waals surface area contributed by atoms with E-state index in [4.69, 9.17) is 0 Å². The molecule has 1 amide bonds. The molecule has 0 bridgehead atoms.